The van der Waals surface area contributed by atoms with Crippen molar-refractivity contribution in [1.82, 2.24) is 4.31 Å². The van der Waals surface area contributed by atoms with E-state index in [0.717, 1.165) is 12.5 Å². The summed E-state index contributed by atoms with van der Waals surface area (Å²) in [6.45, 7) is 2.59. The first kappa shape index (κ1) is 17.3. The van der Waals surface area contributed by atoms with Crippen LogP contribution in [0.15, 0.2) is 18.2 Å². The molecule has 2 rings (SSSR count). The van der Waals surface area contributed by atoms with E-state index in [1.54, 1.807) is 13.0 Å². The highest BCUT2D eigenvalue weighted by atomic mass is 32.2. The summed E-state index contributed by atoms with van der Waals surface area (Å²) in [6.07, 6.45) is 0.915. The van der Waals surface area contributed by atoms with E-state index >= 15 is 0 Å². The van der Waals surface area contributed by atoms with Crippen molar-refractivity contribution in [1.29, 1.82) is 0 Å². The number of nitrogens with zero attached hydrogens (tertiary/aromatic N) is 1. The standard InChI is InChI=1S/C15H21F2NO3S/c1-11(21-2)10-22(19,20)18-6-5-13(9-18)7-12-3-4-14(16)15(17)8-12/h3-4,8,11,13H,5-7,9-10H2,1-2H3/t11-,13+/m0/s1. The normalized spacial score (nSPS) is 21.2. The Morgan fingerprint density at radius 2 is 2.09 bits per heavy atom. The van der Waals surface area contributed by atoms with E-state index in [1.807, 2.05) is 0 Å². The Morgan fingerprint density at radius 1 is 1.36 bits per heavy atom. The van der Waals surface area contributed by atoms with Gasteiger partial charge in [0.1, 0.15) is 0 Å². The van der Waals surface area contributed by atoms with Gasteiger partial charge in [0.2, 0.25) is 10.0 Å². The maximum atomic E-state index is 13.2. The van der Waals surface area contributed by atoms with Crippen LogP contribution in [0.5, 0.6) is 0 Å². The van der Waals surface area contributed by atoms with Gasteiger partial charge in [-0.2, -0.15) is 0 Å². The Morgan fingerprint density at radius 3 is 2.73 bits per heavy atom. The van der Waals surface area contributed by atoms with E-state index in [1.165, 1.54) is 17.5 Å². The summed E-state index contributed by atoms with van der Waals surface area (Å²) in [6, 6.07) is 3.83. The number of hydrogen-bond acceptors (Lipinski definition) is 3. The van der Waals surface area contributed by atoms with Crippen LogP contribution in [0.4, 0.5) is 8.78 Å². The minimum atomic E-state index is -3.34. The lowest BCUT2D eigenvalue weighted by molar-refractivity contribution is 0.135. The molecule has 0 spiro atoms. The Hall–Kier alpha value is -1.05. The van der Waals surface area contributed by atoms with Crippen LogP contribution in [0.3, 0.4) is 0 Å². The molecule has 0 aliphatic carbocycles. The highest BCUT2D eigenvalue weighted by Gasteiger charge is 2.32. The van der Waals surface area contributed by atoms with Gasteiger partial charge in [-0.25, -0.2) is 21.5 Å². The molecule has 1 aliphatic rings. The van der Waals surface area contributed by atoms with Crippen molar-refractivity contribution in [2.45, 2.75) is 25.9 Å². The lowest BCUT2D eigenvalue weighted by atomic mass is 9.99. The maximum absolute atomic E-state index is 13.2. The Bertz CT molecular complexity index is 621. The Balaban J connectivity index is 1.96. The minimum absolute atomic E-state index is 0.0403. The number of hydrogen-bond donors (Lipinski definition) is 0. The van der Waals surface area contributed by atoms with Gasteiger partial charge in [-0.3, -0.25) is 0 Å². The molecule has 1 aromatic rings. The van der Waals surface area contributed by atoms with Crippen molar-refractivity contribution < 1.29 is 21.9 Å². The van der Waals surface area contributed by atoms with Gasteiger partial charge in [0.25, 0.3) is 0 Å². The van der Waals surface area contributed by atoms with Gasteiger partial charge in [0.15, 0.2) is 11.6 Å². The monoisotopic (exact) mass is 333 g/mol. The van der Waals surface area contributed by atoms with E-state index in [0.29, 0.717) is 25.1 Å². The van der Waals surface area contributed by atoms with Gasteiger partial charge in [-0.15, -0.1) is 0 Å². The van der Waals surface area contributed by atoms with Crippen LogP contribution >= 0.6 is 0 Å². The third-order valence-corrected chi connectivity index (χ3v) is 6.01. The average molecular weight is 333 g/mol. The highest BCUT2D eigenvalue weighted by Crippen LogP contribution is 2.24. The van der Waals surface area contributed by atoms with Gasteiger partial charge in [-0.1, -0.05) is 6.07 Å². The van der Waals surface area contributed by atoms with Gasteiger partial charge in [-0.05, 0) is 43.4 Å². The van der Waals surface area contributed by atoms with Gasteiger partial charge >= 0.3 is 0 Å². The summed E-state index contributed by atoms with van der Waals surface area (Å²) < 4.78 is 57.1. The summed E-state index contributed by atoms with van der Waals surface area (Å²) in [7, 11) is -1.85. The summed E-state index contributed by atoms with van der Waals surface area (Å²) in [5, 5.41) is 0. The molecule has 1 aromatic carbocycles. The number of ether oxygens (including phenoxy) is 1. The maximum Gasteiger partial charge on any atom is 0.216 e. The molecule has 2 atom stereocenters. The molecule has 0 radical (unpaired) electrons. The SMILES string of the molecule is CO[C@@H](C)CS(=O)(=O)N1CC[C@H](Cc2ccc(F)c(F)c2)C1. The summed E-state index contributed by atoms with van der Waals surface area (Å²) in [4.78, 5) is 0. The van der Waals surface area contributed by atoms with Gasteiger partial charge in [0.05, 0.1) is 11.9 Å². The zero-order valence-electron chi connectivity index (χ0n) is 12.8. The first-order chi connectivity index (χ1) is 10.3. The number of benzene rings is 1. The predicted octanol–water partition coefficient (Wildman–Crippen LogP) is 2.19. The van der Waals surface area contributed by atoms with E-state index in [2.05, 4.69) is 0 Å². The Labute approximate surface area is 130 Å². The van der Waals surface area contributed by atoms with E-state index in [9.17, 15) is 17.2 Å². The molecule has 1 saturated heterocycles. The molecule has 1 aliphatic heterocycles. The third-order valence-electron chi connectivity index (χ3n) is 4.00. The van der Waals surface area contributed by atoms with Crippen LogP contribution in [0.2, 0.25) is 0 Å². The lowest BCUT2D eigenvalue weighted by Crippen LogP contribution is -2.35. The minimum Gasteiger partial charge on any atom is -0.381 e. The van der Waals surface area contributed by atoms with Crippen molar-refractivity contribution in [3.63, 3.8) is 0 Å². The molecule has 4 nitrogen and oxygen atoms in total. The fourth-order valence-electron chi connectivity index (χ4n) is 2.69. The third kappa shape index (κ3) is 4.24. The molecule has 0 bridgehead atoms. The second kappa shape index (κ2) is 7.02. The van der Waals surface area contributed by atoms with E-state index < -0.39 is 21.7 Å². The Kier molecular flexibility index (Phi) is 5.52. The van der Waals surface area contributed by atoms with Crippen LogP contribution in [0, 0.1) is 17.6 Å². The molecule has 0 unspecified atom stereocenters. The van der Waals surface area contributed by atoms with Crippen LogP contribution in [0.1, 0.15) is 18.9 Å². The summed E-state index contributed by atoms with van der Waals surface area (Å²) >= 11 is 0. The topological polar surface area (TPSA) is 46.6 Å². The lowest BCUT2D eigenvalue weighted by Gasteiger charge is -2.19. The predicted molar refractivity (Wildman–Crippen MR) is 80.0 cm³/mol. The van der Waals surface area contributed by atoms with Crippen molar-refractivity contribution in [2.75, 3.05) is 26.0 Å². The highest BCUT2D eigenvalue weighted by molar-refractivity contribution is 7.89. The van der Waals surface area contributed by atoms with Gasteiger partial charge < -0.3 is 4.74 Å². The second-order valence-electron chi connectivity index (χ2n) is 5.79. The average Bonchev–Trinajstić information content (AvgIpc) is 2.92. The smallest absolute Gasteiger partial charge is 0.216 e. The fourth-order valence-corrected chi connectivity index (χ4v) is 4.45. The zero-order valence-corrected chi connectivity index (χ0v) is 13.6. The summed E-state index contributed by atoms with van der Waals surface area (Å²) in [5.41, 5.74) is 0.688. The van der Waals surface area contributed by atoms with Crippen molar-refractivity contribution in [3.05, 3.63) is 35.4 Å². The molecule has 0 saturated carbocycles. The number of halogens is 2. The fraction of sp³-hybridized carbons (Fsp3) is 0.600. The van der Waals surface area contributed by atoms with Crippen molar-refractivity contribution in [2.24, 2.45) is 5.92 Å². The molecule has 124 valence electrons. The number of rotatable bonds is 6. The molecule has 7 heteroatoms. The van der Waals surface area contributed by atoms with Crippen LogP contribution in [0.25, 0.3) is 0 Å². The van der Waals surface area contributed by atoms with Crippen molar-refractivity contribution >= 4 is 10.0 Å². The summed E-state index contributed by atoms with van der Waals surface area (Å²) in [5.74, 6) is -1.65. The quantitative estimate of drug-likeness (QED) is 0.802. The molecular formula is C15H21F2NO3S. The first-order valence-electron chi connectivity index (χ1n) is 7.26. The van der Waals surface area contributed by atoms with Gasteiger partial charge in [0, 0.05) is 20.2 Å². The molecule has 1 heterocycles. The van der Waals surface area contributed by atoms with E-state index in [4.69, 9.17) is 4.74 Å². The largest absolute Gasteiger partial charge is 0.381 e. The first-order valence-corrected chi connectivity index (χ1v) is 8.87. The van der Waals surface area contributed by atoms with Crippen molar-refractivity contribution in [3.8, 4) is 0 Å². The second-order valence-corrected chi connectivity index (χ2v) is 7.80. The number of sulfonamides is 1. The van der Waals surface area contributed by atoms with Crippen LogP contribution < -0.4 is 0 Å². The molecule has 0 amide bonds. The molecular weight excluding hydrogens is 312 g/mol. The number of methoxy groups -OCH3 is 1. The molecule has 22 heavy (non-hydrogen) atoms. The molecule has 0 N–H and O–H groups in total. The molecule has 1 fully saturated rings. The van der Waals surface area contributed by atoms with Crippen LogP contribution in [-0.4, -0.2) is 44.8 Å². The zero-order chi connectivity index (χ0) is 16.3. The van der Waals surface area contributed by atoms with E-state index in [-0.39, 0.29) is 17.8 Å². The molecule has 0 aromatic heterocycles. The van der Waals surface area contributed by atoms with Crippen LogP contribution in [-0.2, 0) is 21.2 Å².